The normalized spacial score (nSPS) is 12.6. The number of hydrogen-bond donors (Lipinski definition) is 1. The van der Waals surface area contributed by atoms with E-state index in [4.69, 9.17) is 4.74 Å². The molecule has 4 nitrogen and oxygen atoms in total. The standard InChI is InChI=1S/C8H13NO3/c1-6(12-7(2)10)4-5-8(11)9-3/h4-6H,1-3H3,(H,9,11)/b5-4-. The molecule has 0 spiro atoms. The van der Waals surface area contributed by atoms with Gasteiger partial charge in [0.15, 0.2) is 0 Å². The highest BCUT2D eigenvalue weighted by atomic mass is 16.5. The van der Waals surface area contributed by atoms with Crippen LogP contribution in [0.3, 0.4) is 0 Å². The van der Waals surface area contributed by atoms with E-state index in [1.807, 2.05) is 0 Å². The predicted octanol–water partition coefficient (Wildman–Crippen LogP) is 0.240. The lowest BCUT2D eigenvalue weighted by atomic mass is 10.3. The van der Waals surface area contributed by atoms with Gasteiger partial charge in [-0.1, -0.05) is 0 Å². The zero-order valence-corrected chi connectivity index (χ0v) is 7.46. The van der Waals surface area contributed by atoms with E-state index >= 15 is 0 Å². The Morgan fingerprint density at radius 1 is 1.50 bits per heavy atom. The van der Waals surface area contributed by atoms with Crippen molar-refractivity contribution in [1.82, 2.24) is 5.32 Å². The molecule has 0 heterocycles. The minimum absolute atomic E-state index is 0.214. The molecule has 1 N–H and O–H groups in total. The number of hydrogen-bond acceptors (Lipinski definition) is 3. The first-order chi connectivity index (χ1) is 5.56. The second kappa shape index (κ2) is 5.35. The first-order valence-corrected chi connectivity index (χ1v) is 3.63. The molecule has 0 aliphatic heterocycles. The summed E-state index contributed by atoms with van der Waals surface area (Å²) in [6, 6.07) is 0. The molecule has 0 saturated heterocycles. The van der Waals surface area contributed by atoms with Crippen molar-refractivity contribution >= 4 is 11.9 Å². The Labute approximate surface area is 71.6 Å². The van der Waals surface area contributed by atoms with Crippen molar-refractivity contribution in [2.24, 2.45) is 0 Å². The van der Waals surface area contributed by atoms with Crippen molar-refractivity contribution in [3.8, 4) is 0 Å². The highest BCUT2D eigenvalue weighted by molar-refractivity contribution is 5.87. The minimum atomic E-state index is -0.361. The number of carbonyl (C=O) groups is 2. The summed E-state index contributed by atoms with van der Waals surface area (Å²) in [6.07, 6.45) is 2.48. The molecule has 0 aliphatic carbocycles. The molecule has 0 rings (SSSR count). The van der Waals surface area contributed by atoms with E-state index in [-0.39, 0.29) is 18.0 Å². The Morgan fingerprint density at radius 2 is 2.08 bits per heavy atom. The molecule has 1 atom stereocenters. The first kappa shape index (κ1) is 10.7. The maximum Gasteiger partial charge on any atom is 0.303 e. The molecule has 0 bridgehead atoms. The summed E-state index contributed by atoms with van der Waals surface area (Å²) in [4.78, 5) is 21.1. The molecule has 0 radical (unpaired) electrons. The van der Waals surface area contributed by atoms with Crippen LogP contribution >= 0.6 is 0 Å². The second-order valence-corrected chi connectivity index (χ2v) is 2.29. The fourth-order valence-corrected chi connectivity index (χ4v) is 0.607. The van der Waals surface area contributed by atoms with E-state index in [0.717, 1.165) is 0 Å². The highest BCUT2D eigenvalue weighted by Gasteiger charge is 2.00. The number of carbonyl (C=O) groups excluding carboxylic acids is 2. The van der Waals surface area contributed by atoms with E-state index in [1.165, 1.54) is 26.1 Å². The summed E-state index contributed by atoms with van der Waals surface area (Å²) in [5.41, 5.74) is 0. The van der Waals surface area contributed by atoms with E-state index < -0.39 is 0 Å². The number of amides is 1. The predicted molar refractivity (Wildman–Crippen MR) is 44.4 cm³/mol. The Balaban J connectivity index is 3.82. The third-order valence-electron chi connectivity index (χ3n) is 1.12. The van der Waals surface area contributed by atoms with Crippen molar-refractivity contribution in [1.29, 1.82) is 0 Å². The molecule has 0 fully saturated rings. The van der Waals surface area contributed by atoms with E-state index in [0.29, 0.717) is 0 Å². The fourth-order valence-electron chi connectivity index (χ4n) is 0.607. The van der Waals surface area contributed by atoms with Gasteiger partial charge in [-0.15, -0.1) is 0 Å². The lowest BCUT2D eigenvalue weighted by Gasteiger charge is -2.05. The lowest BCUT2D eigenvalue weighted by molar-refractivity contribution is -0.143. The van der Waals surface area contributed by atoms with E-state index in [2.05, 4.69) is 5.32 Å². The Kier molecular flexibility index (Phi) is 4.76. The number of rotatable bonds is 3. The summed E-state index contributed by atoms with van der Waals surface area (Å²) in [5, 5.41) is 2.41. The SMILES string of the molecule is CNC(=O)/C=C\C(C)OC(C)=O. The summed E-state index contributed by atoms with van der Waals surface area (Å²) >= 11 is 0. The van der Waals surface area contributed by atoms with Gasteiger partial charge in [-0.2, -0.15) is 0 Å². The van der Waals surface area contributed by atoms with Gasteiger partial charge >= 0.3 is 5.97 Å². The molecule has 68 valence electrons. The van der Waals surface area contributed by atoms with Crippen LogP contribution in [0, 0.1) is 0 Å². The molecule has 1 unspecified atom stereocenters. The molecular formula is C8H13NO3. The van der Waals surface area contributed by atoms with Crippen LogP contribution in [0.15, 0.2) is 12.2 Å². The van der Waals surface area contributed by atoms with E-state index in [1.54, 1.807) is 6.92 Å². The quantitative estimate of drug-likeness (QED) is 0.489. The van der Waals surface area contributed by atoms with Crippen LogP contribution in [0.5, 0.6) is 0 Å². The summed E-state index contributed by atoms with van der Waals surface area (Å²) in [7, 11) is 1.53. The van der Waals surface area contributed by atoms with Crippen LogP contribution in [0.2, 0.25) is 0 Å². The van der Waals surface area contributed by atoms with Crippen LogP contribution in [-0.2, 0) is 14.3 Å². The van der Waals surface area contributed by atoms with Gasteiger partial charge in [-0.05, 0) is 13.0 Å². The number of likely N-dealkylation sites (N-methyl/N-ethyl adjacent to an activating group) is 1. The van der Waals surface area contributed by atoms with Crippen molar-refractivity contribution in [2.45, 2.75) is 20.0 Å². The van der Waals surface area contributed by atoms with Gasteiger partial charge in [0.2, 0.25) is 5.91 Å². The Morgan fingerprint density at radius 3 is 2.50 bits per heavy atom. The average molecular weight is 171 g/mol. The van der Waals surface area contributed by atoms with Gasteiger partial charge in [0.1, 0.15) is 6.10 Å². The molecule has 0 aliphatic rings. The molecule has 0 aromatic heterocycles. The number of esters is 1. The summed E-state index contributed by atoms with van der Waals surface area (Å²) in [6.45, 7) is 3.01. The van der Waals surface area contributed by atoms with Gasteiger partial charge in [0, 0.05) is 20.0 Å². The van der Waals surface area contributed by atoms with Crippen LogP contribution in [0.25, 0.3) is 0 Å². The van der Waals surface area contributed by atoms with Crippen LogP contribution < -0.4 is 5.32 Å². The van der Waals surface area contributed by atoms with Crippen LogP contribution in [0.4, 0.5) is 0 Å². The zero-order valence-electron chi connectivity index (χ0n) is 7.46. The molecule has 0 aromatic carbocycles. The lowest BCUT2D eigenvalue weighted by Crippen LogP contribution is -2.16. The monoisotopic (exact) mass is 171 g/mol. The molecular weight excluding hydrogens is 158 g/mol. The van der Waals surface area contributed by atoms with Crippen molar-refractivity contribution < 1.29 is 14.3 Å². The Hall–Kier alpha value is -1.32. The van der Waals surface area contributed by atoms with Gasteiger partial charge in [0.25, 0.3) is 0 Å². The van der Waals surface area contributed by atoms with Crippen molar-refractivity contribution in [2.75, 3.05) is 7.05 Å². The molecule has 12 heavy (non-hydrogen) atoms. The smallest absolute Gasteiger partial charge is 0.303 e. The van der Waals surface area contributed by atoms with Gasteiger partial charge in [-0.3, -0.25) is 9.59 Å². The second-order valence-electron chi connectivity index (χ2n) is 2.29. The topological polar surface area (TPSA) is 55.4 Å². The van der Waals surface area contributed by atoms with Gasteiger partial charge in [-0.25, -0.2) is 0 Å². The molecule has 4 heteroatoms. The first-order valence-electron chi connectivity index (χ1n) is 3.63. The highest BCUT2D eigenvalue weighted by Crippen LogP contribution is 1.92. The minimum Gasteiger partial charge on any atom is -0.459 e. The third kappa shape index (κ3) is 5.46. The van der Waals surface area contributed by atoms with Gasteiger partial charge < -0.3 is 10.1 Å². The van der Waals surface area contributed by atoms with E-state index in [9.17, 15) is 9.59 Å². The fraction of sp³-hybridized carbons (Fsp3) is 0.500. The molecule has 0 aromatic rings. The maximum atomic E-state index is 10.7. The largest absolute Gasteiger partial charge is 0.459 e. The number of ether oxygens (including phenoxy) is 1. The molecule has 1 amide bonds. The van der Waals surface area contributed by atoms with Crippen molar-refractivity contribution in [3.05, 3.63) is 12.2 Å². The Bertz CT molecular complexity index is 198. The van der Waals surface area contributed by atoms with Gasteiger partial charge in [0.05, 0.1) is 0 Å². The number of nitrogens with one attached hydrogen (secondary N) is 1. The zero-order chi connectivity index (χ0) is 9.56. The van der Waals surface area contributed by atoms with Crippen molar-refractivity contribution in [3.63, 3.8) is 0 Å². The van der Waals surface area contributed by atoms with Crippen LogP contribution in [-0.4, -0.2) is 25.0 Å². The molecule has 0 saturated carbocycles. The third-order valence-corrected chi connectivity index (χ3v) is 1.12. The summed E-state index contributed by atoms with van der Waals surface area (Å²) in [5.74, 6) is -0.571. The maximum absolute atomic E-state index is 10.7. The average Bonchev–Trinajstić information content (AvgIpc) is 1.99. The summed E-state index contributed by atoms with van der Waals surface area (Å²) < 4.78 is 4.74. The van der Waals surface area contributed by atoms with Crippen LogP contribution in [0.1, 0.15) is 13.8 Å².